The van der Waals surface area contributed by atoms with Gasteiger partial charge in [0.2, 0.25) is 5.91 Å². The Bertz CT molecular complexity index is 196. The van der Waals surface area contributed by atoms with E-state index in [0.717, 1.165) is 0 Å². The summed E-state index contributed by atoms with van der Waals surface area (Å²) in [6, 6.07) is 1.16. The molecule has 0 aromatic rings. The first-order valence-corrected chi connectivity index (χ1v) is 4.11. The van der Waals surface area contributed by atoms with E-state index in [9.17, 15) is 4.79 Å². The zero-order valence-corrected chi connectivity index (χ0v) is 7.53. The van der Waals surface area contributed by atoms with Gasteiger partial charge >= 0.3 is 0 Å². The first-order valence-electron chi connectivity index (χ1n) is 4.11. The van der Waals surface area contributed by atoms with Gasteiger partial charge in [-0.25, -0.2) is 0 Å². The third kappa shape index (κ3) is 3.87. The van der Waals surface area contributed by atoms with Crippen LogP contribution in [-0.2, 0) is 4.79 Å². The molecule has 13 heavy (non-hydrogen) atoms. The molecule has 1 amide bonds. The van der Waals surface area contributed by atoms with Gasteiger partial charge in [-0.2, -0.15) is 5.26 Å². The van der Waals surface area contributed by atoms with E-state index in [4.69, 9.17) is 15.5 Å². The largest absolute Gasteiger partial charge is 0.394 e. The van der Waals surface area contributed by atoms with Crippen LogP contribution in [0.5, 0.6) is 0 Å². The number of hydrogen-bond donors (Lipinski definition) is 3. The van der Waals surface area contributed by atoms with Crippen LogP contribution in [0.4, 0.5) is 0 Å². The lowest BCUT2D eigenvalue weighted by Gasteiger charge is -2.14. The molecule has 0 rings (SSSR count). The van der Waals surface area contributed by atoms with Gasteiger partial charge in [-0.05, 0) is 6.42 Å². The number of amides is 1. The average molecular weight is 186 g/mol. The third-order valence-electron chi connectivity index (χ3n) is 1.67. The number of rotatable bonds is 5. The van der Waals surface area contributed by atoms with Gasteiger partial charge in [0.15, 0.2) is 0 Å². The highest BCUT2D eigenvalue weighted by atomic mass is 16.3. The molecular formula is C8H14N2O3. The van der Waals surface area contributed by atoms with Crippen molar-refractivity contribution in [2.24, 2.45) is 5.92 Å². The minimum Gasteiger partial charge on any atom is -0.394 e. The maximum atomic E-state index is 11.2. The zero-order valence-electron chi connectivity index (χ0n) is 7.53. The molecule has 0 aliphatic carbocycles. The highest BCUT2D eigenvalue weighted by Gasteiger charge is 2.18. The Kier molecular flexibility index (Phi) is 5.85. The van der Waals surface area contributed by atoms with Gasteiger partial charge in [0, 0.05) is 0 Å². The van der Waals surface area contributed by atoms with Gasteiger partial charge in [-0.3, -0.25) is 4.79 Å². The number of carbonyl (C=O) groups excluding carboxylic acids is 1. The van der Waals surface area contributed by atoms with Gasteiger partial charge in [0.05, 0.1) is 25.3 Å². The average Bonchev–Trinajstić information content (AvgIpc) is 2.16. The van der Waals surface area contributed by atoms with Crippen molar-refractivity contribution in [1.82, 2.24) is 5.32 Å². The molecule has 0 aliphatic rings. The molecule has 0 aliphatic heterocycles. The predicted molar refractivity (Wildman–Crippen MR) is 45.5 cm³/mol. The molecule has 0 spiro atoms. The van der Waals surface area contributed by atoms with Crippen LogP contribution >= 0.6 is 0 Å². The fourth-order valence-electron chi connectivity index (χ4n) is 0.786. The summed E-state index contributed by atoms with van der Waals surface area (Å²) in [5, 5.41) is 28.2. The standard InChI is InChI=1S/C8H14N2O3/c1-2-6(3-9)8(13)10-7(4-11)5-12/h6-7,11-12H,2,4-5H2,1H3,(H,10,13). The molecule has 0 bridgehead atoms. The lowest BCUT2D eigenvalue weighted by Crippen LogP contribution is -2.42. The topological polar surface area (TPSA) is 93.4 Å². The minimum atomic E-state index is -0.708. The molecule has 0 radical (unpaired) electrons. The van der Waals surface area contributed by atoms with Crippen molar-refractivity contribution in [3.63, 3.8) is 0 Å². The summed E-state index contributed by atoms with van der Waals surface area (Å²) in [6.45, 7) is 1.06. The third-order valence-corrected chi connectivity index (χ3v) is 1.67. The number of hydrogen-bond acceptors (Lipinski definition) is 4. The lowest BCUT2D eigenvalue weighted by molar-refractivity contribution is -0.124. The molecule has 0 aromatic carbocycles. The van der Waals surface area contributed by atoms with Crippen molar-refractivity contribution < 1.29 is 15.0 Å². The first-order chi connectivity index (χ1) is 6.19. The molecule has 0 heterocycles. The molecule has 5 heteroatoms. The monoisotopic (exact) mass is 186 g/mol. The molecule has 1 atom stereocenters. The Hall–Kier alpha value is -1.12. The number of nitrogens with zero attached hydrogens (tertiary/aromatic N) is 1. The summed E-state index contributed by atoms with van der Waals surface area (Å²) in [5.74, 6) is -1.15. The van der Waals surface area contributed by atoms with Crippen LogP contribution in [0.25, 0.3) is 0 Å². The minimum absolute atomic E-state index is 0.329. The van der Waals surface area contributed by atoms with Crippen molar-refractivity contribution in [2.45, 2.75) is 19.4 Å². The summed E-state index contributed by atoms with van der Waals surface area (Å²) in [5.41, 5.74) is 0. The maximum Gasteiger partial charge on any atom is 0.237 e. The Morgan fingerprint density at radius 1 is 1.54 bits per heavy atom. The highest BCUT2D eigenvalue weighted by Crippen LogP contribution is 2.00. The van der Waals surface area contributed by atoms with E-state index in [0.29, 0.717) is 6.42 Å². The smallest absolute Gasteiger partial charge is 0.237 e. The van der Waals surface area contributed by atoms with E-state index in [2.05, 4.69) is 5.32 Å². The predicted octanol–water partition coefficient (Wildman–Crippen LogP) is -0.994. The van der Waals surface area contributed by atoms with Gasteiger partial charge < -0.3 is 15.5 Å². The van der Waals surface area contributed by atoms with Crippen molar-refractivity contribution >= 4 is 5.91 Å². The Balaban J connectivity index is 4.05. The zero-order chi connectivity index (χ0) is 10.3. The fourth-order valence-corrected chi connectivity index (χ4v) is 0.786. The van der Waals surface area contributed by atoms with Crippen LogP contribution in [0.15, 0.2) is 0 Å². The summed E-state index contributed by atoms with van der Waals surface area (Å²) in [7, 11) is 0. The molecule has 74 valence electrons. The van der Waals surface area contributed by atoms with E-state index >= 15 is 0 Å². The van der Waals surface area contributed by atoms with Crippen LogP contribution < -0.4 is 5.32 Å². The van der Waals surface area contributed by atoms with Gasteiger partial charge in [0.25, 0.3) is 0 Å². The molecule has 1 unspecified atom stereocenters. The van der Waals surface area contributed by atoms with Crippen LogP contribution in [0, 0.1) is 17.2 Å². The molecule has 0 saturated heterocycles. The van der Waals surface area contributed by atoms with Crippen LogP contribution in [0.1, 0.15) is 13.3 Å². The Morgan fingerprint density at radius 3 is 2.38 bits per heavy atom. The van der Waals surface area contributed by atoms with Crippen LogP contribution in [-0.4, -0.2) is 35.4 Å². The summed E-state index contributed by atoms with van der Waals surface area (Å²) < 4.78 is 0. The van der Waals surface area contributed by atoms with Gasteiger partial charge in [0.1, 0.15) is 5.92 Å². The molecular weight excluding hydrogens is 172 g/mol. The first kappa shape index (κ1) is 11.9. The molecule has 5 nitrogen and oxygen atoms in total. The second-order valence-electron chi connectivity index (χ2n) is 2.66. The Labute approximate surface area is 77.0 Å². The van der Waals surface area contributed by atoms with E-state index in [1.165, 1.54) is 0 Å². The molecule has 0 aromatic heterocycles. The van der Waals surface area contributed by atoms with Crippen LogP contribution in [0.3, 0.4) is 0 Å². The quantitative estimate of drug-likeness (QED) is 0.513. The molecule has 3 N–H and O–H groups in total. The summed E-state index contributed by atoms with van der Waals surface area (Å²) in [4.78, 5) is 11.2. The number of carbonyl (C=O) groups is 1. The number of nitriles is 1. The second kappa shape index (κ2) is 6.40. The van der Waals surface area contributed by atoms with Gasteiger partial charge in [-0.1, -0.05) is 6.92 Å². The SMILES string of the molecule is CCC(C#N)C(=O)NC(CO)CO. The van der Waals surface area contributed by atoms with Crippen molar-refractivity contribution in [3.8, 4) is 6.07 Å². The van der Waals surface area contributed by atoms with E-state index in [-0.39, 0.29) is 13.2 Å². The molecule has 0 saturated carbocycles. The summed E-state index contributed by atoms with van der Waals surface area (Å²) in [6.07, 6.45) is 0.423. The Morgan fingerprint density at radius 2 is 2.08 bits per heavy atom. The number of aliphatic hydroxyl groups excluding tert-OH is 2. The van der Waals surface area contributed by atoms with Crippen molar-refractivity contribution in [3.05, 3.63) is 0 Å². The van der Waals surface area contributed by atoms with E-state index in [1.54, 1.807) is 6.92 Å². The van der Waals surface area contributed by atoms with E-state index in [1.807, 2.05) is 6.07 Å². The fraction of sp³-hybridized carbons (Fsp3) is 0.750. The lowest BCUT2D eigenvalue weighted by atomic mass is 10.1. The number of aliphatic hydroxyl groups is 2. The van der Waals surface area contributed by atoms with Gasteiger partial charge in [-0.15, -0.1) is 0 Å². The highest BCUT2D eigenvalue weighted by molar-refractivity contribution is 5.81. The second-order valence-corrected chi connectivity index (χ2v) is 2.66. The maximum absolute atomic E-state index is 11.2. The molecule has 0 fully saturated rings. The number of nitrogens with one attached hydrogen (secondary N) is 1. The normalized spacial score (nSPS) is 12.2. The van der Waals surface area contributed by atoms with E-state index < -0.39 is 17.9 Å². The van der Waals surface area contributed by atoms with Crippen molar-refractivity contribution in [2.75, 3.05) is 13.2 Å². The summed E-state index contributed by atoms with van der Waals surface area (Å²) >= 11 is 0. The van der Waals surface area contributed by atoms with Crippen LogP contribution in [0.2, 0.25) is 0 Å². The van der Waals surface area contributed by atoms with Crippen molar-refractivity contribution in [1.29, 1.82) is 5.26 Å².